The molecule has 0 aliphatic rings. The highest BCUT2D eigenvalue weighted by Gasteiger charge is 2.19. The van der Waals surface area contributed by atoms with E-state index in [0.29, 0.717) is 0 Å². The summed E-state index contributed by atoms with van der Waals surface area (Å²) < 4.78 is 10.0. The molecule has 0 radical (unpaired) electrons. The maximum atomic E-state index is 8.35. The minimum absolute atomic E-state index is 0.750. The smallest absolute Gasteiger partial charge is 0.331 e. The fourth-order valence-corrected chi connectivity index (χ4v) is 0.250. The number of hydrogen-bond acceptors (Lipinski definition) is 4. The average molecular weight is 163 g/mol. The van der Waals surface area contributed by atoms with Gasteiger partial charge in [-0.15, -0.1) is 0 Å². The zero-order chi connectivity index (χ0) is 8.62. The summed E-state index contributed by atoms with van der Waals surface area (Å²) in [6.45, 7) is 3.99. The summed E-state index contributed by atoms with van der Waals surface area (Å²) >= 11 is 0. The lowest BCUT2D eigenvalue weighted by atomic mass is 11.7. The van der Waals surface area contributed by atoms with E-state index in [1.165, 1.54) is 0 Å². The number of hydrogen-bond donors (Lipinski definition) is 1. The summed E-state index contributed by atoms with van der Waals surface area (Å²) in [5.41, 5.74) is 0. The first-order chi connectivity index (χ1) is 4.54. The van der Waals surface area contributed by atoms with Gasteiger partial charge in [-0.2, -0.15) is 0 Å². The Hall–Kier alpha value is -0.483. The van der Waals surface area contributed by atoms with E-state index < -0.39 is 8.56 Å². The molecule has 0 saturated carbocycles. The molecule has 0 unspecified atom stereocenters. The van der Waals surface area contributed by atoms with Crippen LogP contribution < -0.4 is 0 Å². The fourth-order valence-electron chi connectivity index (χ4n) is 0.0833. The van der Waals surface area contributed by atoms with Crippen molar-refractivity contribution < 1.29 is 13.6 Å². The maximum absolute atomic E-state index is 8.35. The fraction of sp³-hybridized carbons (Fsp3) is 0.800. The van der Waals surface area contributed by atoms with Gasteiger partial charge < -0.3 is 8.85 Å². The van der Waals surface area contributed by atoms with Crippen molar-refractivity contribution in [3.63, 3.8) is 0 Å². The Morgan fingerprint density at radius 1 is 1.30 bits per heavy atom. The van der Waals surface area contributed by atoms with E-state index in [9.17, 15) is 0 Å². The molecule has 0 amide bonds. The molecule has 5 heteroatoms. The van der Waals surface area contributed by atoms with E-state index in [1.807, 2.05) is 13.1 Å². The highest BCUT2D eigenvalue weighted by atomic mass is 28.4. The van der Waals surface area contributed by atoms with Crippen LogP contribution in [0, 0.1) is 5.41 Å². The highest BCUT2D eigenvalue weighted by Crippen LogP contribution is 1.99. The Labute approximate surface area is 61.9 Å². The van der Waals surface area contributed by atoms with Gasteiger partial charge in [0.2, 0.25) is 6.08 Å². The van der Waals surface area contributed by atoms with E-state index in [-0.39, 0.29) is 0 Å². The molecule has 4 nitrogen and oxygen atoms in total. The Balaban J connectivity index is 0. The van der Waals surface area contributed by atoms with Gasteiger partial charge in [-0.25, -0.2) is 10.2 Å². The van der Waals surface area contributed by atoms with Crippen molar-refractivity contribution in [1.82, 2.24) is 0 Å². The van der Waals surface area contributed by atoms with Crippen molar-refractivity contribution in [2.24, 2.45) is 0 Å². The quantitative estimate of drug-likeness (QED) is 0.373. The normalized spacial score (nSPS) is 9.20. The van der Waals surface area contributed by atoms with Crippen LogP contribution in [-0.4, -0.2) is 28.9 Å². The third-order valence-corrected chi connectivity index (χ3v) is 2.95. The first-order valence-corrected chi connectivity index (χ1v) is 5.50. The number of nitrogens with one attached hydrogen (secondary N) is 1. The molecular formula is C5H13NO3Si. The molecule has 1 N–H and O–H groups in total. The second-order valence-electron chi connectivity index (χ2n) is 1.91. The molecule has 0 aromatic heterocycles. The van der Waals surface area contributed by atoms with E-state index in [1.54, 1.807) is 14.2 Å². The Kier molecular flexibility index (Phi) is 8.11. The molecule has 0 spiro atoms. The van der Waals surface area contributed by atoms with Gasteiger partial charge in [0, 0.05) is 14.2 Å². The Morgan fingerprint density at radius 3 is 1.50 bits per heavy atom. The van der Waals surface area contributed by atoms with Crippen LogP contribution in [0.5, 0.6) is 0 Å². The molecule has 0 bridgehead atoms. The van der Waals surface area contributed by atoms with Gasteiger partial charge >= 0.3 is 8.56 Å². The summed E-state index contributed by atoms with van der Waals surface area (Å²) in [7, 11) is 1.70. The summed E-state index contributed by atoms with van der Waals surface area (Å²) in [6, 6.07) is 0. The van der Waals surface area contributed by atoms with Gasteiger partial charge in [-0.3, -0.25) is 0 Å². The molecule has 60 valence electrons. The van der Waals surface area contributed by atoms with Gasteiger partial charge in [0.15, 0.2) is 0 Å². The third kappa shape index (κ3) is 10.5. The standard InChI is InChI=1S/C4H12O2Si.CHNO/c1-5-7(3,4)6-2;2-1-3/h1-4H3;2H. The van der Waals surface area contributed by atoms with Crippen molar-refractivity contribution in [2.75, 3.05) is 14.2 Å². The number of rotatable bonds is 2. The van der Waals surface area contributed by atoms with Crippen LogP contribution in [0.25, 0.3) is 0 Å². The van der Waals surface area contributed by atoms with Gasteiger partial charge in [-0.05, 0) is 13.1 Å². The molecule has 0 atom stereocenters. The molecule has 0 heterocycles. The van der Waals surface area contributed by atoms with E-state index in [4.69, 9.17) is 19.1 Å². The number of carbonyl (C=O) groups excluding carboxylic acids is 1. The molecule has 0 fully saturated rings. The monoisotopic (exact) mass is 163 g/mol. The molecule has 0 aliphatic heterocycles. The largest absolute Gasteiger partial charge is 0.398 e. The Bertz CT molecular complexity index is 103. The second-order valence-corrected chi connectivity index (χ2v) is 5.53. The third-order valence-electron chi connectivity index (χ3n) is 0.983. The Morgan fingerprint density at radius 2 is 1.50 bits per heavy atom. The van der Waals surface area contributed by atoms with E-state index in [0.717, 1.165) is 6.08 Å². The van der Waals surface area contributed by atoms with Crippen LogP contribution in [0.4, 0.5) is 0 Å². The first kappa shape index (κ1) is 12.2. The van der Waals surface area contributed by atoms with Crippen molar-refractivity contribution in [1.29, 1.82) is 5.41 Å². The molecule has 0 saturated heterocycles. The molecule has 10 heavy (non-hydrogen) atoms. The van der Waals surface area contributed by atoms with Crippen molar-refractivity contribution in [2.45, 2.75) is 13.1 Å². The van der Waals surface area contributed by atoms with Crippen LogP contribution in [-0.2, 0) is 13.6 Å². The van der Waals surface area contributed by atoms with Crippen molar-refractivity contribution in [3.8, 4) is 0 Å². The van der Waals surface area contributed by atoms with Gasteiger partial charge in [0.1, 0.15) is 0 Å². The minimum Gasteiger partial charge on any atom is -0.398 e. The lowest BCUT2D eigenvalue weighted by Crippen LogP contribution is -2.31. The van der Waals surface area contributed by atoms with Crippen LogP contribution in [0.2, 0.25) is 13.1 Å². The summed E-state index contributed by atoms with van der Waals surface area (Å²) in [6.07, 6.45) is 0.750. The molecule has 0 aromatic rings. The first-order valence-electron chi connectivity index (χ1n) is 2.68. The van der Waals surface area contributed by atoms with Crippen LogP contribution in [0.15, 0.2) is 0 Å². The highest BCUT2D eigenvalue weighted by molar-refractivity contribution is 6.64. The topological polar surface area (TPSA) is 59.4 Å². The van der Waals surface area contributed by atoms with Gasteiger partial charge in [-0.1, -0.05) is 0 Å². The zero-order valence-corrected chi connectivity index (χ0v) is 7.72. The summed E-state index contributed by atoms with van der Waals surface area (Å²) in [4.78, 5) is 8.35. The summed E-state index contributed by atoms with van der Waals surface area (Å²) in [5.74, 6) is 0. The van der Waals surface area contributed by atoms with Crippen LogP contribution in [0.3, 0.4) is 0 Å². The predicted octanol–water partition coefficient (Wildman–Crippen LogP) is 0.882. The molecule has 0 aromatic carbocycles. The van der Waals surface area contributed by atoms with Crippen molar-refractivity contribution in [3.05, 3.63) is 0 Å². The van der Waals surface area contributed by atoms with Crippen LogP contribution in [0.1, 0.15) is 0 Å². The lowest BCUT2D eigenvalue weighted by Gasteiger charge is -2.15. The van der Waals surface area contributed by atoms with Crippen molar-refractivity contribution >= 4 is 14.6 Å². The average Bonchev–Trinajstić information content (AvgIpc) is 1.90. The molecule has 0 aliphatic carbocycles. The SMILES string of the molecule is CO[Si](C)(C)OC.N=C=O. The van der Waals surface area contributed by atoms with Crippen LogP contribution >= 0.6 is 0 Å². The van der Waals surface area contributed by atoms with E-state index >= 15 is 0 Å². The van der Waals surface area contributed by atoms with Gasteiger partial charge in [0.25, 0.3) is 0 Å². The lowest BCUT2D eigenvalue weighted by molar-refractivity contribution is 0.258. The summed E-state index contributed by atoms with van der Waals surface area (Å²) in [5, 5.41) is 5.40. The zero-order valence-electron chi connectivity index (χ0n) is 6.72. The maximum Gasteiger partial charge on any atom is 0.331 e. The molecular weight excluding hydrogens is 150 g/mol. The number of isocyanates is 1. The second kappa shape index (κ2) is 6.63. The molecule has 0 rings (SSSR count). The minimum atomic E-state index is -1.65. The van der Waals surface area contributed by atoms with E-state index in [2.05, 4.69) is 0 Å². The van der Waals surface area contributed by atoms with Gasteiger partial charge in [0.05, 0.1) is 0 Å². The predicted molar refractivity (Wildman–Crippen MR) is 39.9 cm³/mol.